The molecule has 1 heterocycles. The molecule has 0 saturated heterocycles. The molecule has 0 fully saturated rings. The molecule has 23 heavy (non-hydrogen) atoms. The number of amides is 1. The number of hydrogen-bond donors (Lipinski definition) is 1. The summed E-state index contributed by atoms with van der Waals surface area (Å²) in [5.41, 5.74) is 1.26. The first-order chi connectivity index (χ1) is 10.9. The maximum atomic E-state index is 12.6. The molecular formula is C15H17BrN2O4S. The van der Waals surface area contributed by atoms with Crippen LogP contribution in [0.3, 0.4) is 0 Å². The fourth-order valence-electron chi connectivity index (χ4n) is 1.98. The predicted octanol–water partition coefficient (Wildman–Crippen LogP) is 3.80. The van der Waals surface area contributed by atoms with Crippen molar-refractivity contribution in [2.45, 2.75) is 13.8 Å². The molecule has 0 unspecified atom stereocenters. The highest BCUT2D eigenvalue weighted by atomic mass is 79.9. The predicted molar refractivity (Wildman–Crippen MR) is 93.3 cm³/mol. The highest BCUT2D eigenvalue weighted by Gasteiger charge is 2.23. The zero-order chi connectivity index (χ0) is 17.1. The Morgan fingerprint density at radius 2 is 1.83 bits per heavy atom. The van der Waals surface area contributed by atoms with Crippen molar-refractivity contribution in [2.75, 3.05) is 26.6 Å². The first-order valence-corrected chi connectivity index (χ1v) is 8.27. The molecule has 1 aromatic heterocycles. The molecule has 8 heteroatoms. The van der Waals surface area contributed by atoms with E-state index >= 15 is 0 Å². The van der Waals surface area contributed by atoms with Crippen LogP contribution in [0.5, 0.6) is 17.2 Å². The lowest BCUT2D eigenvalue weighted by atomic mass is 10.1. The van der Waals surface area contributed by atoms with Crippen molar-refractivity contribution < 1.29 is 19.0 Å². The number of carbonyl (C=O) groups is 1. The first kappa shape index (κ1) is 17.6. The highest BCUT2D eigenvalue weighted by Crippen LogP contribution is 2.44. The van der Waals surface area contributed by atoms with Gasteiger partial charge in [0.25, 0.3) is 5.91 Å². The minimum Gasteiger partial charge on any atom is -0.493 e. The second kappa shape index (κ2) is 7.18. The van der Waals surface area contributed by atoms with Gasteiger partial charge in [0.15, 0.2) is 16.6 Å². The number of carbonyl (C=O) groups excluding carboxylic acids is 1. The molecule has 0 spiro atoms. The number of halogens is 1. The maximum absolute atomic E-state index is 12.6. The van der Waals surface area contributed by atoms with Crippen LogP contribution >= 0.6 is 27.3 Å². The Bertz CT molecular complexity index is 726. The topological polar surface area (TPSA) is 69.7 Å². The molecule has 0 bridgehead atoms. The van der Waals surface area contributed by atoms with E-state index in [1.54, 1.807) is 6.07 Å². The van der Waals surface area contributed by atoms with Gasteiger partial charge >= 0.3 is 0 Å². The summed E-state index contributed by atoms with van der Waals surface area (Å²) in [6.45, 7) is 3.86. The molecule has 0 atom stereocenters. The van der Waals surface area contributed by atoms with Gasteiger partial charge in [-0.3, -0.25) is 10.1 Å². The van der Waals surface area contributed by atoms with Crippen molar-refractivity contribution in [1.82, 2.24) is 4.98 Å². The lowest BCUT2D eigenvalue weighted by Gasteiger charge is -2.16. The van der Waals surface area contributed by atoms with Gasteiger partial charge in [-0.2, -0.15) is 0 Å². The van der Waals surface area contributed by atoms with E-state index < -0.39 is 0 Å². The molecule has 2 aromatic rings. The number of hydrogen-bond acceptors (Lipinski definition) is 6. The summed E-state index contributed by atoms with van der Waals surface area (Å²) in [5.74, 6) is 0.900. The quantitative estimate of drug-likeness (QED) is 0.826. The number of anilines is 1. The summed E-state index contributed by atoms with van der Waals surface area (Å²) < 4.78 is 16.4. The van der Waals surface area contributed by atoms with Gasteiger partial charge in [-0.15, -0.1) is 11.3 Å². The smallest absolute Gasteiger partial charge is 0.258 e. The van der Waals surface area contributed by atoms with Crippen molar-refractivity contribution in [3.63, 3.8) is 0 Å². The largest absolute Gasteiger partial charge is 0.493 e. The molecular weight excluding hydrogens is 384 g/mol. The Morgan fingerprint density at radius 1 is 1.17 bits per heavy atom. The fraction of sp³-hybridized carbons (Fsp3) is 0.333. The summed E-state index contributed by atoms with van der Waals surface area (Å²) in [7, 11) is 4.51. The van der Waals surface area contributed by atoms with Crippen molar-refractivity contribution >= 4 is 38.3 Å². The molecule has 0 aliphatic rings. The van der Waals surface area contributed by atoms with E-state index in [0.29, 0.717) is 32.4 Å². The molecule has 1 N–H and O–H groups in total. The Kier molecular flexibility index (Phi) is 5.48. The molecule has 0 radical (unpaired) electrons. The van der Waals surface area contributed by atoms with Crippen LogP contribution in [0.4, 0.5) is 5.13 Å². The summed E-state index contributed by atoms with van der Waals surface area (Å²) in [6, 6.07) is 1.59. The van der Waals surface area contributed by atoms with Crippen molar-refractivity contribution in [3.05, 3.63) is 26.7 Å². The number of aryl methyl sites for hydroxylation is 2. The third-order valence-electron chi connectivity index (χ3n) is 3.26. The number of aromatic nitrogens is 1. The van der Waals surface area contributed by atoms with Crippen LogP contribution in [0.25, 0.3) is 0 Å². The van der Waals surface area contributed by atoms with Gasteiger partial charge in [0.05, 0.1) is 37.1 Å². The van der Waals surface area contributed by atoms with Gasteiger partial charge in [0.1, 0.15) is 0 Å². The Hall–Kier alpha value is -1.80. The van der Waals surface area contributed by atoms with Crippen LogP contribution in [0.2, 0.25) is 0 Å². The zero-order valence-electron chi connectivity index (χ0n) is 13.4. The van der Waals surface area contributed by atoms with Crippen LogP contribution < -0.4 is 19.5 Å². The summed E-state index contributed by atoms with van der Waals surface area (Å²) in [6.07, 6.45) is 0. The van der Waals surface area contributed by atoms with Crippen LogP contribution in [-0.2, 0) is 0 Å². The van der Waals surface area contributed by atoms with E-state index in [1.165, 1.54) is 32.7 Å². The summed E-state index contributed by atoms with van der Waals surface area (Å²) in [4.78, 5) is 17.9. The Morgan fingerprint density at radius 3 is 2.30 bits per heavy atom. The van der Waals surface area contributed by atoms with Gasteiger partial charge in [-0.05, 0) is 35.8 Å². The fourth-order valence-corrected chi connectivity index (χ4v) is 3.42. The average molecular weight is 401 g/mol. The number of benzene rings is 1. The number of nitrogens with zero attached hydrogens (tertiary/aromatic N) is 1. The van der Waals surface area contributed by atoms with Gasteiger partial charge in [-0.1, -0.05) is 0 Å². The van der Waals surface area contributed by atoms with Gasteiger partial charge in [0.2, 0.25) is 5.75 Å². The van der Waals surface area contributed by atoms with E-state index in [0.717, 1.165) is 10.6 Å². The van der Waals surface area contributed by atoms with Crippen LogP contribution in [0, 0.1) is 13.8 Å². The van der Waals surface area contributed by atoms with Gasteiger partial charge < -0.3 is 14.2 Å². The third-order valence-corrected chi connectivity index (χ3v) is 5.04. The lowest BCUT2D eigenvalue weighted by Crippen LogP contribution is -2.13. The number of methoxy groups -OCH3 is 3. The molecule has 0 aliphatic carbocycles. The van der Waals surface area contributed by atoms with Crippen LogP contribution in [-0.4, -0.2) is 32.2 Å². The maximum Gasteiger partial charge on any atom is 0.258 e. The van der Waals surface area contributed by atoms with Crippen LogP contribution in [0.15, 0.2) is 10.5 Å². The van der Waals surface area contributed by atoms with E-state index in [4.69, 9.17) is 14.2 Å². The Balaban J connectivity index is 2.43. The average Bonchev–Trinajstić information content (AvgIpc) is 2.84. The second-order valence-corrected chi connectivity index (χ2v) is 6.62. The molecule has 0 aliphatic heterocycles. The normalized spacial score (nSPS) is 10.3. The number of ether oxygens (including phenoxy) is 3. The Labute approximate surface area is 146 Å². The van der Waals surface area contributed by atoms with E-state index in [1.807, 2.05) is 13.8 Å². The standard InChI is InChI=1S/C15H17BrN2O4S/c1-7-8(2)23-15(17-7)18-14(19)9-6-10(20-3)12(21-4)13(22-5)11(9)16/h6H,1-5H3,(H,17,18,19). The minimum absolute atomic E-state index is 0.315. The zero-order valence-corrected chi connectivity index (χ0v) is 15.8. The van der Waals surface area contributed by atoms with Crippen molar-refractivity contribution in [2.24, 2.45) is 0 Å². The number of nitrogens with one attached hydrogen (secondary N) is 1. The van der Waals surface area contributed by atoms with E-state index in [9.17, 15) is 4.79 Å². The number of rotatable bonds is 5. The molecule has 1 aromatic carbocycles. The molecule has 6 nitrogen and oxygen atoms in total. The summed E-state index contributed by atoms with van der Waals surface area (Å²) >= 11 is 4.82. The third kappa shape index (κ3) is 3.42. The van der Waals surface area contributed by atoms with Crippen LogP contribution in [0.1, 0.15) is 20.9 Å². The molecule has 0 saturated carbocycles. The SMILES string of the molecule is COc1cc(C(=O)Nc2nc(C)c(C)s2)c(Br)c(OC)c1OC. The summed E-state index contributed by atoms with van der Waals surface area (Å²) in [5, 5.41) is 3.33. The van der Waals surface area contributed by atoms with Gasteiger partial charge in [0, 0.05) is 4.88 Å². The van der Waals surface area contributed by atoms with Crippen molar-refractivity contribution in [3.8, 4) is 17.2 Å². The van der Waals surface area contributed by atoms with Gasteiger partial charge in [-0.25, -0.2) is 4.98 Å². The first-order valence-electron chi connectivity index (χ1n) is 6.66. The van der Waals surface area contributed by atoms with E-state index in [2.05, 4.69) is 26.2 Å². The van der Waals surface area contributed by atoms with E-state index in [-0.39, 0.29) is 5.91 Å². The monoisotopic (exact) mass is 400 g/mol. The lowest BCUT2D eigenvalue weighted by molar-refractivity contribution is 0.102. The highest BCUT2D eigenvalue weighted by molar-refractivity contribution is 9.10. The molecule has 124 valence electrons. The molecule has 2 rings (SSSR count). The second-order valence-electron chi connectivity index (χ2n) is 4.62. The molecule has 1 amide bonds. The van der Waals surface area contributed by atoms with Crippen molar-refractivity contribution in [1.29, 1.82) is 0 Å². The number of thiazole rings is 1. The minimum atomic E-state index is -0.315.